The minimum Gasteiger partial charge on any atom is -0.371 e. The van der Waals surface area contributed by atoms with Crippen LogP contribution in [0.15, 0.2) is 30.3 Å². The van der Waals surface area contributed by atoms with Gasteiger partial charge < -0.3 is 10.2 Å². The van der Waals surface area contributed by atoms with Crippen LogP contribution in [0.4, 0.5) is 5.69 Å². The number of H-pyrrole nitrogens is 1. The fraction of sp³-hybridized carbons (Fsp3) is 0.500. The van der Waals surface area contributed by atoms with Gasteiger partial charge in [0.05, 0.1) is 0 Å². The monoisotopic (exact) mass is 359 g/mol. The molecular weight excluding hydrogens is 334 g/mol. The van der Waals surface area contributed by atoms with Gasteiger partial charge in [-0.1, -0.05) is 25.1 Å². The molecular formula is C18H25N5OS. The topological polar surface area (TPSA) is 66.0 Å². The first kappa shape index (κ1) is 17.7. The number of para-hydroxylation sites is 1. The Morgan fingerprint density at radius 2 is 2.20 bits per heavy atom. The van der Waals surface area contributed by atoms with E-state index >= 15 is 0 Å². The van der Waals surface area contributed by atoms with Crippen molar-refractivity contribution in [3.05, 3.63) is 40.9 Å². The van der Waals surface area contributed by atoms with Crippen LogP contribution in [-0.4, -0.2) is 40.3 Å². The van der Waals surface area contributed by atoms with Crippen molar-refractivity contribution in [2.75, 3.05) is 24.5 Å². The summed E-state index contributed by atoms with van der Waals surface area (Å²) in [4.78, 5) is 14.7. The Hall–Kier alpha value is -2.15. The molecule has 1 amide bonds. The molecule has 1 aromatic heterocycles. The zero-order chi connectivity index (χ0) is 17.6. The molecule has 2 N–H and O–H groups in total. The van der Waals surface area contributed by atoms with Crippen molar-refractivity contribution in [1.82, 2.24) is 20.1 Å². The first-order valence-electron chi connectivity index (χ1n) is 8.88. The number of hydrogen-bond acceptors (Lipinski definition) is 4. The molecule has 1 fully saturated rings. The predicted octanol–water partition coefficient (Wildman–Crippen LogP) is 2.54. The van der Waals surface area contributed by atoms with E-state index in [1.165, 1.54) is 5.69 Å². The highest BCUT2D eigenvalue weighted by molar-refractivity contribution is 7.71. The minimum atomic E-state index is -0.00647. The SMILES string of the molecule is CCCc1n[nH]c(=S)n1CC(=O)NCC1CCN(c2ccccc2)C1. The number of aromatic nitrogens is 3. The van der Waals surface area contributed by atoms with Crippen LogP contribution >= 0.6 is 12.2 Å². The second-order valence-electron chi connectivity index (χ2n) is 6.52. The van der Waals surface area contributed by atoms with Gasteiger partial charge in [0.15, 0.2) is 4.77 Å². The van der Waals surface area contributed by atoms with E-state index in [4.69, 9.17) is 12.2 Å². The van der Waals surface area contributed by atoms with Crippen molar-refractivity contribution in [3.8, 4) is 0 Å². The number of carbonyl (C=O) groups is 1. The number of benzene rings is 1. The van der Waals surface area contributed by atoms with Gasteiger partial charge in [-0.2, -0.15) is 5.10 Å². The Morgan fingerprint density at radius 1 is 1.40 bits per heavy atom. The summed E-state index contributed by atoms with van der Waals surface area (Å²) in [5.74, 6) is 1.32. The third-order valence-corrected chi connectivity index (χ3v) is 4.92. The zero-order valence-electron chi connectivity index (χ0n) is 14.6. The fourth-order valence-corrected chi connectivity index (χ4v) is 3.47. The molecule has 0 bridgehead atoms. The Morgan fingerprint density at radius 3 is 2.96 bits per heavy atom. The van der Waals surface area contributed by atoms with E-state index in [0.29, 0.717) is 17.2 Å². The van der Waals surface area contributed by atoms with Gasteiger partial charge in [-0.3, -0.25) is 14.5 Å². The van der Waals surface area contributed by atoms with Crippen molar-refractivity contribution in [2.45, 2.75) is 32.7 Å². The second-order valence-corrected chi connectivity index (χ2v) is 6.91. The number of aryl methyl sites for hydroxylation is 1. The molecule has 2 aromatic rings. The number of carbonyl (C=O) groups excluding carboxylic acids is 1. The summed E-state index contributed by atoms with van der Waals surface area (Å²) in [6.45, 7) is 5.05. The maximum Gasteiger partial charge on any atom is 0.240 e. The molecule has 1 aliphatic heterocycles. The Bertz CT molecular complexity index is 754. The molecule has 1 aliphatic rings. The second kappa shape index (κ2) is 8.29. The van der Waals surface area contributed by atoms with Crippen LogP contribution in [0.3, 0.4) is 0 Å². The standard InChI is InChI=1S/C18H25N5OS/c1-2-6-16-20-21-18(25)23(16)13-17(24)19-11-14-9-10-22(12-14)15-7-4-3-5-8-15/h3-5,7-8,14H,2,6,9-13H2,1H3,(H,19,24)(H,21,25). The van der Waals surface area contributed by atoms with Crippen LogP contribution in [0.2, 0.25) is 0 Å². The van der Waals surface area contributed by atoms with Crippen LogP contribution in [0.5, 0.6) is 0 Å². The highest BCUT2D eigenvalue weighted by Crippen LogP contribution is 2.22. The van der Waals surface area contributed by atoms with E-state index in [1.807, 2.05) is 6.07 Å². The number of amides is 1. The van der Waals surface area contributed by atoms with E-state index in [2.05, 4.69) is 51.6 Å². The lowest BCUT2D eigenvalue weighted by Crippen LogP contribution is -2.33. The average Bonchev–Trinajstić information content (AvgIpc) is 3.23. The summed E-state index contributed by atoms with van der Waals surface area (Å²) >= 11 is 5.22. The quantitative estimate of drug-likeness (QED) is 0.746. The van der Waals surface area contributed by atoms with Crippen LogP contribution in [-0.2, 0) is 17.8 Å². The fourth-order valence-electron chi connectivity index (χ4n) is 3.26. The van der Waals surface area contributed by atoms with Gasteiger partial charge >= 0.3 is 0 Å². The highest BCUT2D eigenvalue weighted by Gasteiger charge is 2.23. The lowest BCUT2D eigenvalue weighted by atomic mass is 10.1. The largest absolute Gasteiger partial charge is 0.371 e. The first-order valence-corrected chi connectivity index (χ1v) is 9.29. The molecule has 7 heteroatoms. The highest BCUT2D eigenvalue weighted by atomic mass is 32.1. The Kier molecular flexibility index (Phi) is 5.86. The number of anilines is 1. The van der Waals surface area contributed by atoms with E-state index in [0.717, 1.165) is 38.2 Å². The summed E-state index contributed by atoms with van der Waals surface area (Å²) in [5.41, 5.74) is 1.25. The number of nitrogens with zero attached hydrogens (tertiary/aromatic N) is 3. The molecule has 1 saturated heterocycles. The maximum atomic E-state index is 12.3. The third-order valence-electron chi connectivity index (χ3n) is 4.61. The molecule has 0 radical (unpaired) electrons. The van der Waals surface area contributed by atoms with Gasteiger partial charge in [0.2, 0.25) is 5.91 Å². The van der Waals surface area contributed by atoms with Crippen LogP contribution in [0, 0.1) is 10.7 Å². The van der Waals surface area contributed by atoms with E-state index in [1.54, 1.807) is 4.57 Å². The maximum absolute atomic E-state index is 12.3. The smallest absolute Gasteiger partial charge is 0.240 e. The molecule has 2 heterocycles. The third kappa shape index (κ3) is 4.48. The molecule has 25 heavy (non-hydrogen) atoms. The summed E-state index contributed by atoms with van der Waals surface area (Å²) < 4.78 is 2.30. The van der Waals surface area contributed by atoms with Crippen molar-refractivity contribution >= 4 is 23.8 Å². The number of aromatic amines is 1. The van der Waals surface area contributed by atoms with Gasteiger partial charge in [0.25, 0.3) is 0 Å². The van der Waals surface area contributed by atoms with Gasteiger partial charge in [0, 0.05) is 31.7 Å². The number of nitrogens with one attached hydrogen (secondary N) is 2. The lowest BCUT2D eigenvalue weighted by Gasteiger charge is -2.18. The van der Waals surface area contributed by atoms with Crippen LogP contribution in [0.1, 0.15) is 25.6 Å². The van der Waals surface area contributed by atoms with Crippen molar-refractivity contribution in [3.63, 3.8) is 0 Å². The normalized spacial score (nSPS) is 17.0. The summed E-state index contributed by atoms with van der Waals surface area (Å²) in [7, 11) is 0. The van der Waals surface area contributed by atoms with E-state index in [-0.39, 0.29) is 12.5 Å². The van der Waals surface area contributed by atoms with Crippen molar-refractivity contribution in [2.24, 2.45) is 5.92 Å². The van der Waals surface area contributed by atoms with E-state index < -0.39 is 0 Å². The number of rotatable bonds is 7. The molecule has 0 aliphatic carbocycles. The molecule has 3 rings (SSSR count). The van der Waals surface area contributed by atoms with Gasteiger partial charge in [-0.25, -0.2) is 0 Å². The molecule has 1 atom stereocenters. The minimum absolute atomic E-state index is 0.00647. The van der Waals surface area contributed by atoms with Crippen molar-refractivity contribution in [1.29, 1.82) is 0 Å². The molecule has 6 nitrogen and oxygen atoms in total. The lowest BCUT2D eigenvalue weighted by molar-refractivity contribution is -0.121. The van der Waals surface area contributed by atoms with Gasteiger partial charge in [0.1, 0.15) is 12.4 Å². The zero-order valence-corrected chi connectivity index (χ0v) is 15.4. The Balaban J connectivity index is 1.49. The molecule has 0 saturated carbocycles. The predicted molar refractivity (Wildman–Crippen MR) is 101 cm³/mol. The summed E-state index contributed by atoms with van der Waals surface area (Å²) in [5, 5.41) is 10.0. The summed E-state index contributed by atoms with van der Waals surface area (Å²) in [6.07, 6.45) is 2.88. The van der Waals surface area contributed by atoms with E-state index in [9.17, 15) is 4.79 Å². The van der Waals surface area contributed by atoms with Crippen LogP contribution < -0.4 is 10.2 Å². The number of hydrogen-bond donors (Lipinski definition) is 2. The first-order chi connectivity index (χ1) is 12.2. The van der Waals surface area contributed by atoms with Crippen LogP contribution in [0.25, 0.3) is 0 Å². The van der Waals surface area contributed by atoms with Crippen molar-refractivity contribution < 1.29 is 4.79 Å². The van der Waals surface area contributed by atoms with Gasteiger partial charge in [-0.05, 0) is 43.1 Å². The summed E-state index contributed by atoms with van der Waals surface area (Å²) in [6, 6.07) is 10.4. The molecule has 1 aromatic carbocycles. The molecule has 134 valence electrons. The van der Waals surface area contributed by atoms with Gasteiger partial charge in [-0.15, -0.1) is 0 Å². The molecule has 0 spiro atoms. The molecule has 1 unspecified atom stereocenters. The Labute approximate surface area is 153 Å². The average molecular weight is 359 g/mol.